The van der Waals surface area contributed by atoms with Gasteiger partial charge >= 0.3 is 30.2 Å². The van der Waals surface area contributed by atoms with Crippen LogP contribution < -0.4 is 10.4 Å². The average molecular weight is 970 g/mol. The van der Waals surface area contributed by atoms with Crippen LogP contribution in [-0.2, 0) is 36.2 Å². The van der Waals surface area contributed by atoms with Crippen LogP contribution in [0.15, 0.2) is 109 Å². The van der Waals surface area contributed by atoms with Gasteiger partial charge in [0.2, 0.25) is 0 Å². The normalized spacial score (nSPS) is 14.9. The molecular formula is C54H74Cl2Si3Zr-4. The van der Waals surface area contributed by atoms with Crippen LogP contribution in [0.25, 0.3) is 43.8 Å². The number of hydrogen-bond acceptors (Lipinski definition) is 0. The van der Waals surface area contributed by atoms with Crippen LogP contribution >= 0.6 is 24.8 Å². The molecule has 8 rings (SSSR count). The summed E-state index contributed by atoms with van der Waals surface area (Å²) in [5.41, 5.74) is 8.58. The summed E-state index contributed by atoms with van der Waals surface area (Å²) in [4.78, 5) is 0. The molecule has 0 spiro atoms. The molecule has 2 aliphatic rings. The van der Waals surface area contributed by atoms with Crippen molar-refractivity contribution in [2.24, 2.45) is 11.8 Å². The van der Waals surface area contributed by atoms with Crippen molar-refractivity contribution in [2.75, 3.05) is 0 Å². The molecule has 2 aliphatic carbocycles. The summed E-state index contributed by atoms with van der Waals surface area (Å²) in [7, 11) is -2.47. The third-order valence-corrected chi connectivity index (χ3v) is 16.9. The van der Waals surface area contributed by atoms with Crippen LogP contribution in [-0.4, -0.2) is 23.0 Å². The Hall–Kier alpha value is -1.79. The Morgan fingerprint density at radius 2 is 0.800 bits per heavy atom. The Kier molecular flexibility index (Phi) is 23.1. The molecule has 0 nitrogen and oxygen atoms in total. The molecule has 0 aromatic heterocycles. The fourth-order valence-corrected chi connectivity index (χ4v) is 11.8. The molecule has 0 N–H and O–H groups in total. The summed E-state index contributed by atoms with van der Waals surface area (Å²) in [6.07, 6.45) is 19.7. The Bertz CT molecular complexity index is 1960. The maximum atomic E-state index is 3.06. The fourth-order valence-electron chi connectivity index (χ4n) is 9.44. The van der Waals surface area contributed by atoms with Crippen LogP contribution in [0.4, 0.5) is 0 Å². The molecule has 0 saturated heterocycles. The minimum absolute atomic E-state index is 0. The Labute approximate surface area is 398 Å². The third-order valence-electron chi connectivity index (χ3n) is 12.7. The monoisotopic (exact) mass is 966 g/mol. The SMILES string of the molecule is C[Si](C)(C)c1ccc(-c2cccc3[cH-]c(CC4CCCCCC4)cc23)cc1.C[Si](C)(C)c1ccc(-c2cccc3[cH-]c(CC4CCCCCC4)cc23)cc1.Cl.Cl.[CH3-].[CH3-].[Si]=[Zr]. The van der Waals surface area contributed by atoms with Gasteiger partial charge in [-0.1, -0.05) is 198 Å². The summed E-state index contributed by atoms with van der Waals surface area (Å²) in [5, 5.41) is 8.75. The Balaban J connectivity index is 0.000000373. The quantitative estimate of drug-likeness (QED) is 0.0810. The number of rotatable bonds is 8. The molecule has 0 heterocycles. The first kappa shape index (κ1) is 54.3. The van der Waals surface area contributed by atoms with Crippen LogP contribution in [0.3, 0.4) is 0 Å². The standard InChI is InChI=1S/2C26H33Si.2CH3.2ClH.Si.Zr/c2*1-27(2,3)24-15-13-22(14-16-24)25-12-8-11-23-18-21(19-26(23)25)17-20-9-6-4-5-7-10-20;;;;;;/h2*8,11-16,18-20H,4-7,9-10,17H2,1-3H3;2*1H3;2*1H;;/q4*-1;;;;. The summed E-state index contributed by atoms with van der Waals surface area (Å²) in [6.45, 7) is 17.6. The van der Waals surface area contributed by atoms with Crippen LogP contribution in [0, 0.1) is 26.7 Å². The van der Waals surface area contributed by atoms with Crippen LogP contribution in [0.5, 0.6) is 0 Å². The predicted molar refractivity (Wildman–Crippen MR) is 279 cm³/mol. The van der Waals surface area contributed by atoms with E-state index in [4.69, 9.17) is 0 Å². The Morgan fingerprint density at radius 3 is 1.10 bits per heavy atom. The van der Waals surface area contributed by atoms with Gasteiger partial charge in [0.15, 0.2) is 0 Å². The van der Waals surface area contributed by atoms with Gasteiger partial charge < -0.3 is 14.9 Å². The zero-order valence-corrected chi connectivity index (χ0v) is 45.4. The zero-order chi connectivity index (χ0) is 39.7. The van der Waals surface area contributed by atoms with Crippen molar-refractivity contribution in [3.05, 3.63) is 135 Å². The number of halogens is 2. The van der Waals surface area contributed by atoms with E-state index in [1.54, 1.807) is 11.1 Å². The molecule has 6 heteroatoms. The molecule has 0 amide bonds. The second-order valence-electron chi connectivity index (χ2n) is 19.1. The third kappa shape index (κ3) is 14.6. The topological polar surface area (TPSA) is 0 Å². The number of fused-ring (bicyclic) bond motifs is 2. The van der Waals surface area contributed by atoms with E-state index in [1.807, 2.05) is 0 Å². The van der Waals surface area contributed by atoms with Gasteiger partial charge in [0.1, 0.15) is 0 Å². The van der Waals surface area contributed by atoms with E-state index >= 15 is 0 Å². The van der Waals surface area contributed by atoms with E-state index < -0.39 is 16.1 Å². The molecule has 2 fully saturated rings. The Morgan fingerprint density at radius 1 is 0.483 bits per heavy atom. The molecule has 0 atom stereocenters. The van der Waals surface area contributed by atoms with Gasteiger partial charge in [-0.2, -0.15) is 12.1 Å². The first-order chi connectivity index (χ1) is 27.0. The van der Waals surface area contributed by atoms with Gasteiger partial charge in [-0.05, 0) is 35.8 Å². The van der Waals surface area contributed by atoms with Gasteiger partial charge in [0, 0.05) is 0 Å². The van der Waals surface area contributed by atoms with E-state index in [0.29, 0.717) is 0 Å². The van der Waals surface area contributed by atoms with E-state index in [0.717, 1.165) is 11.8 Å². The van der Waals surface area contributed by atoms with Crippen molar-refractivity contribution in [1.29, 1.82) is 0 Å². The van der Waals surface area contributed by atoms with Crippen molar-refractivity contribution in [3.8, 4) is 22.3 Å². The number of benzene rings is 4. The molecule has 6 aromatic carbocycles. The molecule has 2 radical (unpaired) electrons. The second-order valence-corrected chi connectivity index (χ2v) is 29.3. The van der Waals surface area contributed by atoms with E-state index in [9.17, 15) is 0 Å². The summed E-state index contributed by atoms with van der Waals surface area (Å²) in [6, 6.07) is 42.2. The maximum absolute atomic E-state index is 3.06. The van der Waals surface area contributed by atoms with Crippen molar-refractivity contribution in [1.82, 2.24) is 0 Å². The van der Waals surface area contributed by atoms with Gasteiger partial charge in [-0.15, -0.1) is 93.9 Å². The van der Waals surface area contributed by atoms with Crippen molar-refractivity contribution in [3.63, 3.8) is 0 Å². The number of hydrogen-bond donors (Lipinski definition) is 0. The predicted octanol–water partition coefficient (Wildman–Crippen LogP) is 15.9. The van der Waals surface area contributed by atoms with E-state index in [1.165, 1.54) is 167 Å². The van der Waals surface area contributed by atoms with Gasteiger partial charge in [-0.3, -0.25) is 0 Å². The molecule has 2 saturated carbocycles. The first-order valence-corrected chi connectivity index (χ1v) is 33.0. The van der Waals surface area contributed by atoms with E-state index in [2.05, 4.69) is 155 Å². The van der Waals surface area contributed by atoms with Crippen molar-refractivity contribution < 1.29 is 23.3 Å². The fraction of sp³-hybridized carbons (Fsp3) is 0.407. The first-order valence-electron chi connectivity index (χ1n) is 21.8. The zero-order valence-electron chi connectivity index (χ0n) is 38.3. The van der Waals surface area contributed by atoms with Crippen molar-refractivity contribution >= 4 is 79.8 Å². The molecular weight excluding hydrogens is 895 g/mol. The van der Waals surface area contributed by atoms with Gasteiger partial charge in [0.25, 0.3) is 0 Å². The minimum atomic E-state index is -1.24. The summed E-state index contributed by atoms with van der Waals surface area (Å²) in [5.74, 6) is 1.78. The van der Waals surface area contributed by atoms with Crippen molar-refractivity contribution in [2.45, 2.75) is 129 Å². The van der Waals surface area contributed by atoms with Gasteiger partial charge in [-0.25, -0.2) is 0 Å². The molecule has 60 heavy (non-hydrogen) atoms. The summed E-state index contributed by atoms with van der Waals surface area (Å²) < 4.78 is 0. The summed E-state index contributed by atoms with van der Waals surface area (Å²) >= 11 is 1.36. The average Bonchev–Trinajstić information content (AvgIpc) is 3.58. The molecule has 324 valence electrons. The van der Waals surface area contributed by atoms with Crippen LogP contribution in [0.1, 0.15) is 88.2 Å². The second kappa shape index (κ2) is 25.5. The van der Waals surface area contributed by atoms with Crippen LogP contribution in [0.2, 0.25) is 39.3 Å². The van der Waals surface area contributed by atoms with E-state index in [-0.39, 0.29) is 39.7 Å². The molecule has 0 unspecified atom stereocenters. The molecule has 6 aromatic rings. The molecule has 0 aliphatic heterocycles. The molecule has 0 bridgehead atoms. The van der Waals surface area contributed by atoms with Gasteiger partial charge in [0.05, 0.1) is 16.1 Å².